The fraction of sp³-hybridized carbons (Fsp3) is 0.353. The lowest BCUT2D eigenvalue weighted by Crippen LogP contribution is -2.46. The summed E-state index contributed by atoms with van der Waals surface area (Å²) in [5, 5.41) is 2.71. The number of hydrogen-bond donors (Lipinski definition) is 1. The maximum atomic E-state index is 13.1. The fourth-order valence-corrected chi connectivity index (χ4v) is 2.86. The number of benzene rings is 1. The van der Waals surface area contributed by atoms with Crippen molar-refractivity contribution in [2.45, 2.75) is 25.1 Å². The molecule has 1 atom stereocenters. The first-order chi connectivity index (χ1) is 12.8. The molecule has 0 bridgehead atoms. The van der Waals surface area contributed by atoms with E-state index >= 15 is 0 Å². The molecule has 0 saturated carbocycles. The zero-order valence-electron chi connectivity index (χ0n) is 14.0. The third-order valence-corrected chi connectivity index (χ3v) is 4.20. The Morgan fingerprint density at radius 1 is 1.26 bits per heavy atom. The molecule has 144 valence electrons. The van der Waals surface area contributed by atoms with E-state index in [2.05, 4.69) is 15.3 Å². The second-order valence-electron chi connectivity index (χ2n) is 5.99. The van der Waals surface area contributed by atoms with Crippen molar-refractivity contribution in [2.24, 2.45) is 0 Å². The van der Waals surface area contributed by atoms with Crippen molar-refractivity contribution in [2.75, 3.05) is 18.4 Å². The molecule has 1 unspecified atom stereocenters. The Kier molecular flexibility index (Phi) is 5.69. The number of nitrogens with one attached hydrogen (secondary N) is 1. The van der Waals surface area contributed by atoms with E-state index in [0.29, 0.717) is 24.4 Å². The van der Waals surface area contributed by atoms with Crippen molar-refractivity contribution >= 4 is 23.3 Å². The number of piperidine rings is 1. The molecule has 1 fully saturated rings. The highest BCUT2D eigenvalue weighted by Gasteiger charge is 2.34. The summed E-state index contributed by atoms with van der Waals surface area (Å²) in [5.74, 6) is 0. The Balaban J connectivity index is 1.64. The average molecular weight is 401 g/mol. The normalized spacial score (nSPS) is 17.5. The number of alkyl halides is 3. The second kappa shape index (κ2) is 7.99. The SMILES string of the molecule is O=C(Nc1ccccc1C(F)(F)F)N1CCCC(Oc2ncc(Cl)cn2)C1. The number of amides is 2. The minimum absolute atomic E-state index is 0.133. The van der Waals surface area contributed by atoms with Gasteiger partial charge in [0.2, 0.25) is 0 Å². The van der Waals surface area contributed by atoms with E-state index in [1.165, 1.54) is 35.5 Å². The van der Waals surface area contributed by atoms with E-state index in [9.17, 15) is 18.0 Å². The number of rotatable bonds is 3. The largest absolute Gasteiger partial charge is 0.458 e. The van der Waals surface area contributed by atoms with Gasteiger partial charge >= 0.3 is 18.2 Å². The molecule has 1 aliphatic rings. The lowest BCUT2D eigenvalue weighted by Gasteiger charge is -2.32. The van der Waals surface area contributed by atoms with Gasteiger partial charge in [0, 0.05) is 6.54 Å². The van der Waals surface area contributed by atoms with Crippen LogP contribution in [-0.2, 0) is 6.18 Å². The van der Waals surface area contributed by atoms with Crippen molar-refractivity contribution in [3.8, 4) is 6.01 Å². The van der Waals surface area contributed by atoms with Crippen LogP contribution in [0.25, 0.3) is 0 Å². The summed E-state index contributed by atoms with van der Waals surface area (Å²) in [6, 6.07) is 4.38. The highest BCUT2D eigenvalue weighted by Crippen LogP contribution is 2.34. The molecule has 2 aromatic rings. The maximum absolute atomic E-state index is 13.1. The summed E-state index contributed by atoms with van der Waals surface area (Å²) in [4.78, 5) is 21.7. The van der Waals surface area contributed by atoms with E-state index in [-0.39, 0.29) is 24.3 Å². The number of carbonyl (C=O) groups is 1. The number of halogens is 4. The summed E-state index contributed by atoms with van der Waals surface area (Å²) in [7, 11) is 0. The smallest absolute Gasteiger partial charge is 0.418 e. The standard InChI is InChI=1S/C17H16ClF3N4O2/c18-11-8-22-15(23-9-11)27-12-4-3-7-25(10-12)16(26)24-14-6-2-1-5-13(14)17(19,20)21/h1-2,5-6,8-9,12H,3-4,7,10H2,(H,24,26). The number of anilines is 1. The van der Waals surface area contributed by atoms with E-state index in [0.717, 1.165) is 6.07 Å². The molecule has 1 N–H and O–H groups in total. The van der Waals surface area contributed by atoms with Gasteiger partial charge in [-0.05, 0) is 25.0 Å². The zero-order chi connectivity index (χ0) is 19.4. The van der Waals surface area contributed by atoms with Crippen LogP contribution >= 0.6 is 11.6 Å². The number of carbonyl (C=O) groups excluding carboxylic acids is 1. The summed E-state index contributed by atoms with van der Waals surface area (Å²) >= 11 is 5.72. The van der Waals surface area contributed by atoms with E-state index in [4.69, 9.17) is 16.3 Å². The number of nitrogens with zero attached hydrogens (tertiary/aromatic N) is 3. The van der Waals surface area contributed by atoms with Crippen molar-refractivity contribution in [3.63, 3.8) is 0 Å². The first kappa shape index (κ1) is 19.2. The zero-order valence-corrected chi connectivity index (χ0v) is 14.8. The van der Waals surface area contributed by atoms with Crippen LogP contribution in [0.2, 0.25) is 5.02 Å². The predicted octanol–water partition coefficient (Wildman–Crippen LogP) is 4.22. The van der Waals surface area contributed by atoms with E-state index in [1.807, 2.05) is 0 Å². The van der Waals surface area contributed by atoms with Crippen LogP contribution in [0.5, 0.6) is 6.01 Å². The van der Waals surface area contributed by atoms with Crippen molar-refractivity contribution in [1.29, 1.82) is 0 Å². The highest BCUT2D eigenvalue weighted by molar-refractivity contribution is 6.30. The van der Waals surface area contributed by atoms with Gasteiger partial charge in [-0.25, -0.2) is 14.8 Å². The molecule has 0 radical (unpaired) electrons. The van der Waals surface area contributed by atoms with Gasteiger partial charge in [-0.2, -0.15) is 13.2 Å². The van der Waals surface area contributed by atoms with E-state index < -0.39 is 17.8 Å². The molecule has 6 nitrogen and oxygen atoms in total. The fourth-order valence-electron chi connectivity index (χ4n) is 2.76. The molecular formula is C17H16ClF3N4O2. The molecule has 1 saturated heterocycles. The minimum Gasteiger partial charge on any atom is -0.458 e. The van der Waals surface area contributed by atoms with Crippen molar-refractivity contribution in [3.05, 3.63) is 47.2 Å². The molecule has 1 aromatic carbocycles. The van der Waals surface area contributed by atoms with Crippen LogP contribution in [0.3, 0.4) is 0 Å². The Morgan fingerprint density at radius 2 is 1.96 bits per heavy atom. The van der Waals surface area contributed by atoms with Crippen LogP contribution in [0.1, 0.15) is 18.4 Å². The lowest BCUT2D eigenvalue weighted by atomic mass is 10.1. The van der Waals surface area contributed by atoms with Crippen molar-refractivity contribution in [1.82, 2.24) is 14.9 Å². The number of aromatic nitrogens is 2. The molecule has 27 heavy (non-hydrogen) atoms. The molecule has 10 heteroatoms. The second-order valence-corrected chi connectivity index (χ2v) is 6.42. The Morgan fingerprint density at radius 3 is 2.67 bits per heavy atom. The van der Waals surface area contributed by atoms with Crippen LogP contribution in [0.15, 0.2) is 36.7 Å². The molecule has 2 heterocycles. The first-order valence-corrected chi connectivity index (χ1v) is 8.57. The number of likely N-dealkylation sites (tertiary alicyclic amines) is 1. The molecule has 0 aliphatic carbocycles. The Hall–Kier alpha value is -2.55. The monoisotopic (exact) mass is 400 g/mol. The van der Waals surface area contributed by atoms with E-state index in [1.54, 1.807) is 0 Å². The molecular weight excluding hydrogens is 385 g/mol. The summed E-state index contributed by atoms with van der Waals surface area (Å²) in [6.45, 7) is 0.632. The van der Waals surface area contributed by atoms with Crippen molar-refractivity contribution < 1.29 is 22.7 Å². The number of urea groups is 1. The summed E-state index contributed by atoms with van der Waals surface area (Å²) in [6.07, 6.45) is -0.801. The molecule has 0 spiro atoms. The van der Waals surface area contributed by atoms with Gasteiger partial charge in [0.25, 0.3) is 0 Å². The maximum Gasteiger partial charge on any atom is 0.418 e. The summed E-state index contributed by atoms with van der Waals surface area (Å²) in [5.41, 5.74) is -1.17. The van der Waals surface area contributed by atoms with Crippen LogP contribution in [0.4, 0.5) is 23.7 Å². The van der Waals surface area contributed by atoms with Gasteiger partial charge in [-0.15, -0.1) is 0 Å². The lowest BCUT2D eigenvalue weighted by molar-refractivity contribution is -0.136. The van der Waals surface area contributed by atoms with Crippen LogP contribution < -0.4 is 10.1 Å². The Labute approximate surface area is 158 Å². The number of para-hydroxylation sites is 1. The number of hydrogen-bond acceptors (Lipinski definition) is 4. The van der Waals surface area contributed by atoms with Crippen LogP contribution in [-0.4, -0.2) is 40.1 Å². The topological polar surface area (TPSA) is 67.4 Å². The number of ether oxygens (including phenoxy) is 1. The van der Waals surface area contributed by atoms with Gasteiger partial charge < -0.3 is 15.0 Å². The van der Waals surface area contributed by atoms with Gasteiger partial charge in [0.05, 0.1) is 35.2 Å². The predicted molar refractivity (Wildman–Crippen MR) is 92.7 cm³/mol. The average Bonchev–Trinajstić information content (AvgIpc) is 2.63. The van der Waals surface area contributed by atoms with Gasteiger partial charge in [0.1, 0.15) is 6.10 Å². The molecule has 1 aromatic heterocycles. The van der Waals surface area contributed by atoms with Gasteiger partial charge in [0.15, 0.2) is 0 Å². The van der Waals surface area contributed by atoms with Crippen LogP contribution in [0, 0.1) is 0 Å². The quantitative estimate of drug-likeness (QED) is 0.837. The molecule has 3 rings (SSSR count). The molecule has 1 aliphatic heterocycles. The molecule has 2 amide bonds. The van der Waals surface area contributed by atoms with Gasteiger partial charge in [-0.1, -0.05) is 23.7 Å². The third kappa shape index (κ3) is 5.00. The third-order valence-electron chi connectivity index (χ3n) is 4.01. The van der Waals surface area contributed by atoms with Gasteiger partial charge in [-0.3, -0.25) is 0 Å². The minimum atomic E-state index is -4.55. The summed E-state index contributed by atoms with van der Waals surface area (Å²) < 4.78 is 44.8. The highest BCUT2D eigenvalue weighted by atomic mass is 35.5. The Bertz CT molecular complexity index is 802. The first-order valence-electron chi connectivity index (χ1n) is 8.19.